The quantitative estimate of drug-likeness (QED) is 0.876. The van der Waals surface area contributed by atoms with Crippen LogP contribution < -0.4 is 4.90 Å². The molecule has 0 amide bonds. The Hall–Kier alpha value is -1.83. The van der Waals surface area contributed by atoms with Crippen LogP contribution in [0.5, 0.6) is 0 Å². The molecule has 0 radical (unpaired) electrons. The van der Waals surface area contributed by atoms with E-state index in [0.29, 0.717) is 11.5 Å². The van der Waals surface area contributed by atoms with E-state index in [0.717, 1.165) is 18.1 Å². The minimum absolute atomic E-state index is 0.0494. The van der Waals surface area contributed by atoms with Gasteiger partial charge in [-0.2, -0.15) is 11.8 Å². The van der Waals surface area contributed by atoms with Crippen molar-refractivity contribution in [3.8, 4) is 0 Å². The van der Waals surface area contributed by atoms with E-state index in [1.807, 2.05) is 4.90 Å². The third kappa shape index (κ3) is 2.35. The third-order valence-corrected chi connectivity index (χ3v) is 4.20. The predicted molar refractivity (Wildman–Crippen MR) is 71.5 cm³/mol. The Morgan fingerprint density at radius 1 is 1.58 bits per heavy atom. The van der Waals surface area contributed by atoms with Crippen LogP contribution in [0.15, 0.2) is 18.7 Å². The lowest BCUT2D eigenvalue weighted by Crippen LogP contribution is -2.44. The van der Waals surface area contributed by atoms with Crippen molar-refractivity contribution < 1.29 is 9.90 Å². The van der Waals surface area contributed by atoms with E-state index < -0.39 is 5.97 Å². The molecule has 3 rings (SSSR count). The molecule has 1 aliphatic rings. The van der Waals surface area contributed by atoms with Crippen molar-refractivity contribution in [3.05, 3.63) is 18.7 Å². The molecule has 8 heteroatoms. The number of carbonyl (C=O) groups is 1. The number of thioether (sulfide) groups is 1. The summed E-state index contributed by atoms with van der Waals surface area (Å²) >= 11 is 1.78. The monoisotopic (exact) mass is 279 g/mol. The SMILES string of the molecule is O=C(O)CC1CSCCN1c1nccn2cnnc12. The first kappa shape index (κ1) is 12.2. The van der Waals surface area contributed by atoms with Crippen LogP contribution in [0.2, 0.25) is 0 Å². The first-order valence-corrected chi connectivity index (χ1v) is 7.11. The Kier molecular flexibility index (Phi) is 3.24. The second-order valence-corrected chi connectivity index (χ2v) is 5.48. The zero-order valence-corrected chi connectivity index (χ0v) is 11.0. The van der Waals surface area contributed by atoms with Gasteiger partial charge in [0.1, 0.15) is 6.33 Å². The Balaban J connectivity index is 1.97. The van der Waals surface area contributed by atoms with Gasteiger partial charge in [-0.25, -0.2) is 4.98 Å². The Morgan fingerprint density at radius 3 is 3.32 bits per heavy atom. The van der Waals surface area contributed by atoms with Crippen LogP contribution in [0.25, 0.3) is 5.65 Å². The van der Waals surface area contributed by atoms with E-state index in [9.17, 15) is 4.79 Å². The molecular formula is C11H13N5O2S. The van der Waals surface area contributed by atoms with Gasteiger partial charge < -0.3 is 10.0 Å². The van der Waals surface area contributed by atoms with Crippen molar-refractivity contribution in [3.63, 3.8) is 0 Å². The number of hydrogen-bond donors (Lipinski definition) is 1. The minimum Gasteiger partial charge on any atom is -0.481 e. The van der Waals surface area contributed by atoms with Crippen LogP contribution in [0, 0.1) is 0 Å². The molecule has 2 aromatic rings. The average molecular weight is 279 g/mol. The summed E-state index contributed by atoms with van der Waals surface area (Å²) in [5, 5.41) is 16.9. The highest BCUT2D eigenvalue weighted by molar-refractivity contribution is 7.99. The van der Waals surface area contributed by atoms with E-state index >= 15 is 0 Å². The Labute approximate surface area is 113 Å². The van der Waals surface area contributed by atoms with Crippen molar-refractivity contribution in [1.82, 2.24) is 19.6 Å². The number of fused-ring (bicyclic) bond motifs is 1. The summed E-state index contributed by atoms with van der Waals surface area (Å²) < 4.78 is 1.79. The Bertz CT molecular complexity index is 602. The summed E-state index contributed by atoms with van der Waals surface area (Å²) in [6.45, 7) is 0.780. The molecular weight excluding hydrogens is 266 g/mol. The minimum atomic E-state index is -0.786. The zero-order valence-electron chi connectivity index (χ0n) is 10.1. The zero-order chi connectivity index (χ0) is 13.2. The van der Waals surface area contributed by atoms with Gasteiger partial charge in [-0.05, 0) is 0 Å². The van der Waals surface area contributed by atoms with Crippen molar-refractivity contribution in [2.45, 2.75) is 12.5 Å². The number of anilines is 1. The maximum atomic E-state index is 11.0. The molecule has 0 bridgehead atoms. The van der Waals surface area contributed by atoms with Crippen molar-refractivity contribution in [2.75, 3.05) is 23.0 Å². The molecule has 2 aromatic heterocycles. The van der Waals surface area contributed by atoms with Gasteiger partial charge in [0.15, 0.2) is 5.82 Å². The van der Waals surface area contributed by atoms with Crippen LogP contribution in [0.4, 0.5) is 5.82 Å². The molecule has 1 aliphatic heterocycles. The van der Waals surface area contributed by atoms with Gasteiger partial charge in [0.25, 0.3) is 0 Å². The van der Waals surface area contributed by atoms with E-state index in [1.54, 1.807) is 34.9 Å². The summed E-state index contributed by atoms with van der Waals surface area (Å²) in [7, 11) is 0. The molecule has 1 unspecified atom stereocenters. The average Bonchev–Trinajstić information content (AvgIpc) is 2.87. The summed E-state index contributed by atoms with van der Waals surface area (Å²) in [5.41, 5.74) is 0.671. The Morgan fingerprint density at radius 2 is 2.47 bits per heavy atom. The predicted octanol–water partition coefficient (Wildman–Crippen LogP) is 0.521. The molecule has 1 N–H and O–H groups in total. The molecule has 3 heterocycles. The fourth-order valence-electron chi connectivity index (χ4n) is 2.25. The highest BCUT2D eigenvalue weighted by atomic mass is 32.2. The molecule has 0 saturated carbocycles. The smallest absolute Gasteiger partial charge is 0.305 e. The summed E-state index contributed by atoms with van der Waals surface area (Å²) in [6, 6.07) is -0.0494. The standard InChI is InChI=1S/C11H13N5O2S/c17-9(18)5-8-6-19-4-3-16(8)10-11-14-13-7-15(11)2-1-12-10/h1-2,7-8H,3-6H2,(H,17,18). The summed E-state index contributed by atoms with van der Waals surface area (Å²) in [4.78, 5) is 17.4. The number of nitrogens with zero attached hydrogens (tertiary/aromatic N) is 5. The number of hydrogen-bond acceptors (Lipinski definition) is 6. The van der Waals surface area contributed by atoms with Gasteiger partial charge in [0.05, 0.1) is 12.5 Å². The van der Waals surface area contributed by atoms with Crippen molar-refractivity contribution in [1.29, 1.82) is 0 Å². The van der Waals surface area contributed by atoms with Gasteiger partial charge in [-0.15, -0.1) is 10.2 Å². The molecule has 0 spiro atoms. The molecule has 7 nitrogen and oxygen atoms in total. The highest BCUT2D eigenvalue weighted by Gasteiger charge is 2.27. The van der Waals surface area contributed by atoms with Crippen LogP contribution >= 0.6 is 11.8 Å². The molecule has 1 saturated heterocycles. The first-order chi connectivity index (χ1) is 9.25. The fourth-order valence-corrected chi connectivity index (χ4v) is 3.31. The van der Waals surface area contributed by atoms with Gasteiger partial charge in [0, 0.05) is 30.4 Å². The van der Waals surface area contributed by atoms with Gasteiger partial charge in [0.2, 0.25) is 5.65 Å². The second kappa shape index (κ2) is 5.04. The number of carboxylic acids is 1. The maximum Gasteiger partial charge on any atom is 0.305 e. The molecule has 0 aromatic carbocycles. The van der Waals surface area contributed by atoms with Crippen LogP contribution in [-0.2, 0) is 4.79 Å². The first-order valence-electron chi connectivity index (χ1n) is 5.96. The molecule has 0 aliphatic carbocycles. The lowest BCUT2D eigenvalue weighted by molar-refractivity contribution is -0.137. The van der Waals surface area contributed by atoms with E-state index in [1.165, 1.54) is 0 Å². The number of carboxylic acid groups (broad SMARTS) is 1. The molecule has 100 valence electrons. The third-order valence-electron chi connectivity index (χ3n) is 3.11. The normalized spacial score (nSPS) is 19.8. The van der Waals surface area contributed by atoms with Gasteiger partial charge in [-0.3, -0.25) is 9.20 Å². The molecule has 1 atom stereocenters. The summed E-state index contributed by atoms with van der Waals surface area (Å²) in [6.07, 6.45) is 5.20. The molecule has 1 fully saturated rings. The molecule has 19 heavy (non-hydrogen) atoms. The lowest BCUT2D eigenvalue weighted by atomic mass is 10.2. The van der Waals surface area contributed by atoms with E-state index in [4.69, 9.17) is 5.11 Å². The topological polar surface area (TPSA) is 83.6 Å². The summed E-state index contributed by atoms with van der Waals surface area (Å²) in [5.74, 6) is 1.69. The van der Waals surface area contributed by atoms with Crippen LogP contribution in [0.3, 0.4) is 0 Å². The van der Waals surface area contributed by atoms with Crippen LogP contribution in [0.1, 0.15) is 6.42 Å². The van der Waals surface area contributed by atoms with Gasteiger partial charge >= 0.3 is 5.97 Å². The largest absolute Gasteiger partial charge is 0.481 e. The van der Waals surface area contributed by atoms with E-state index in [-0.39, 0.29) is 12.5 Å². The number of aliphatic carboxylic acids is 1. The van der Waals surface area contributed by atoms with E-state index in [2.05, 4.69) is 15.2 Å². The number of rotatable bonds is 3. The second-order valence-electron chi connectivity index (χ2n) is 4.33. The van der Waals surface area contributed by atoms with Crippen molar-refractivity contribution >= 4 is 29.2 Å². The van der Waals surface area contributed by atoms with Gasteiger partial charge in [-0.1, -0.05) is 0 Å². The van der Waals surface area contributed by atoms with Crippen molar-refractivity contribution in [2.24, 2.45) is 0 Å². The highest BCUT2D eigenvalue weighted by Crippen LogP contribution is 2.26. The maximum absolute atomic E-state index is 11.0. The fraction of sp³-hybridized carbons (Fsp3) is 0.455. The van der Waals surface area contributed by atoms with Crippen LogP contribution in [-0.4, -0.2) is 54.8 Å². The lowest BCUT2D eigenvalue weighted by Gasteiger charge is -2.35. The number of aromatic nitrogens is 4.